The molecule has 2 aromatic rings. The Balaban J connectivity index is 2.09. The number of nitriles is 1. The Morgan fingerprint density at radius 2 is 1.79 bits per heavy atom. The number of hydrogen-bond donors (Lipinski definition) is 1. The van der Waals surface area contributed by atoms with Crippen LogP contribution in [0.3, 0.4) is 0 Å². The molecule has 0 spiro atoms. The number of nitrogens with zero attached hydrogens (tertiary/aromatic N) is 1. The van der Waals surface area contributed by atoms with Gasteiger partial charge in [-0.25, -0.2) is 0 Å². The summed E-state index contributed by atoms with van der Waals surface area (Å²) >= 11 is 0. The van der Waals surface area contributed by atoms with Crippen LogP contribution >= 0.6 is 0 Å². The molecule has 2 rings (SSSR count). The quantitative estimate of drug-likeness (QED) is 0.881. The molecule has 0 aliphatic carbocycles. The van der Waals surface area contributed by atoms with E-state index in [0.717, 1.165) is 11.3 Å². The van der Waals surface area contributed by atoms with Crippen LogP contribution in [0, 0.1) is 18.3 Å². The summed E-state index contributed by atoms with van der Waals surface area (Å²) in [6, 6.07) is 18.9. The lowest BCUT2D eigenvalue weighted by atomic mass is 10.0. The normalized spacial score (nSPS) is 11.6. The number of aryl methyl sites for hydroxylation is 1. The second kappa shape index (κ2) is 6.06. The first-order chi connectivity index (χ1) is 9.20. The Bertz CT molecular complexity index is 579. The zero-order valence-corrected chi connectivity index (χ0v) is 11.4. The lowest BCUT2D eigenvalue weighted by Gasteiger charge is -2.18. The predicted molar refractivity (Wildman–Crippen MR) is 79.0 cm³/mol. The highest BCUT2D eigenvalue weighted by molar-refractivity contribution is 5.47. The summed E-state index contributed by atoms with van der Waals surface area (Å²) in [6.07, 6.45) is 0.466. The molecular weight excluding hydrogens is 232 g/mol. The first-order valence-corrected chi connectivity index (χ1v) is 6.48. The molecule has 1 N–H and O–H groups in total. The molecule has 19 heavy (non-hydrogen) atoms. The van der Waals surface area contributed by atoms with Crippen molar-refractivity contribution in [1.29, 1.82) is 5.26 Å². The van der Waals surface area contributed by atoms with Crippen LogP contribution in [0.5, 0.6) is 0 Å². The highest BCUT2D eigenvalue weighted by Gasteiger charge is 2.07. The number of rotatable bonds is 4. The second-order valence-electron chi connectivity index (χ2n) is 4.75. The predicted octanol–water partition coefficient (Wildman–Crippen LogP) is 4.23. The average molecular weight is 250 g/mol. The lowest BCUT2D eigenvalue weighted by Crippen LogP contribution is -2.08. The van der Waals surface area contributed by atoms with Crippen molar-refractivity contribution in [1.82, 2.24) is 0 Å². The van der Waals surface area contributed by atoms with Crippen LogP contribution in [0.2, 0.25) is 0 Å². The molecule has 0 fully saturated rings. The third-order valence-electron chi connectivity index (χ3n) is 3.28. The Hall–Kier alpha value is -2.27. The van der Waals surface area contributed by atoms with E-state index in [1.807, 2.05) is 24.3 Å². The van der Waals surface area contributed by atoms with Crippen molar-refractivity contribution in [2.45, 2.75) is 26.3 Å². The SMILES string of the molecule is Cc1ccccc1C(C)Nc1ccc(CC#N)cc1. The third kappa shape index (κ3) is 3.35. The summed E-state index contributed by atoms with van der Waals surface area (Å²) in [5.41, 5.74) is 4.74. The van der Waals surface area contributed by atoms with Gasteiger partial charge in [-0.1, -0.05) is 36.4 Å². The van der Waals surface area contributed by atoms with Crippen LogP contribution in [-0.2, 0) is 6.42 Å². The Morgan fingerprint density at radius 3 is 2.42 bits per heavy atom. The summed E-state index contributed by atoms with van der Waals surface area (Å²) in [5.74, 6) is 0. The molecule has 0 aliphatic heterocycles. The van der Waals surface area contributed by atoms with Crippen LogP contribution in [0.15, 0.2) is 48.5 Å². The van der Waals surface area contributed by atoms with Gasteiger partial charge in [-0.2, -0.15) is 5.26 Å². The van der Waals surface area contributed by atoms with E-state index in [1.165, 1.54) is 11.1 Å². The summed E-state index contributed by atoms with van der Waals surface area (Å²) < 4.78 is 0. The van der Waals surface area contributed by atoms with Gasteiger partial charge in [0.15, 0.2) is 0 Å². The molecule has 0 aliphatic rings. The van der Waals surface area contributed by atoms with E-state index in [0.29, 0.717) is 6.42 Å². The van der Waals surface area contributed by atoms with Crippen molar-refractivity contribution in [3.8, 4) is 6.07 Å². The molecule has 0 amide bonds. The second-order valence-corrected chi connectivity index (χ2v) is 4.75. The van der Waals surface area contributed by atoms with Crippen molar-refractivity contribution in [2.75, 3.05) is 5.32 Å². The Labute approximate surface area is 114 Å². The van der Waals surface area contributed by atoms with E-state index in [1.54, 1.807) is 0 Å². The standard InChI is InChI=1S/C17H18N2/c1-13-5-3-4-6-17(13)14(2)19-16-9-7-15(8-10-16)11-12-18/h3-10,14,19H,11H2,1-2H3. The first kappa shape index (κ1) is 13.2. The van der Waals surface area contributed by atoms with E-state index < -0.39 is 0 Å². The monoisotopic (exact) mass is 250 g/mol. The molecule has 2 heteroatoms. The maximum atomic E-state index is 8.65. The highest BCUT2D eigenvalue weighted by atomic mass is 14.9. The summed E-state index contributed by atoms with van der Waals surface area (Å²) in [7, 11) is 0. The van der Waals surface area contributed by atoms with E-state index in [2.05, 4.69) is 49.5 Å². The van der Waals surface area contributed by atoms with Gasteiger partial charge in [0.25, 0.3) is 0 Å². The third-order valence-corrected chi connectivity index (χ3v) is 3.28. The van der Waals surface area contributed by atoms with Gasteiger partial charge in [0, 0.05) is 11.7 Å². The van der Waals surface area contributed by atoms with E-state index >= 15 is 0 Å². The van der Waals surface area contributed by atoms with Gasteiger partial charge in [0.2, 0.25) is 0 Å². The topological polar surface area (TPSA) is 35.8 Å². The van der Waals surface area contributed by atoms with Gasteiger partial charge in [0.1, 0.15) is 0 Å². The summed E-state index contributed by atoms with van der Waals surface area (Å²) in [5, 5.41) is 12.1. The van der Waals surface area contributed by atoms with Crippen molar-refractivity contribution in [3.63, 3.8) is 0 Å². The Morgan fingerprint density at radius 1 is 1.11 bits per heavy atom. The minimum absolute atomic E-state index is 0.267. The fourth-order valence-electron chi connectivity index (χ4n) is 2.21. The van der Waals surface area contributed by atoms with Gasteiger partial charge in [-0.05, 0) is 42.7 Å². The maximum absolute atomic E-state index is 8.65. The van der Waals surface area contributed by atoms with E-state index in [4.69, 9.17) is 5.26 Å². The van der Waals surface area contributed by atoms with Crippen molar-refractivity contribution in [2.24, 2.45) is 0 Å². The smallest absolute Gasteiger partial charge is 0.0669 e. The molecule has 96 valence electrons. The van der Waals surface area contributed by atoms with Crippen LogP contribution in [0.4, 0.5) is 5.69 Å². The zero-order valence-electron chi connectivity index (χ0n) is 11.4. The van der Waals surface area contributed by atoms with Crippen molar-refractivity contribution in [3.05, 3.63) is 65.2 Å². The lowest BCUT2D eigenvalue weighted by molar-refractivity contribution is 0.874. The molecular formula is C17H18N2. The summed E-state index contributed by atoms with van der Waals surface area (Å²) in [6.45, 7) is 4.29. The van der Waals surface area contributed by atoms with Crippen molar-refractivity contribution >= 4 is 5.69 Å². The number of anilines is 1. The number of hydrogen-bond acceptors (Lipinski definition) is 2. The summed E-state index contributed by atoms with van der Waals surface area (Å²) in [4.78, 5) is 0. The first-order valence-electron chi connectivity index (χ1n) is 6.48. The van der Waals surface area contributed by atoms with E-state index in [-0.39, 0.29) is 6.04 Å². The Kier molecular flexibility index (Phi) is 4.20. The minimum atomic E-state index is 0.267. The van der Waals surface area contributed by atoms with E-state index in [9.17, 15) is 0 Å². The highest BCUT2D eigenvalue weighted by Crippen LogP contribution is 2.22. The fraction of sp³-hybridized carbons (Fsp3) is 0.235. The van der Waals surface area contributed by atoms with Crippen LogP contribution in [-0.4, -0.2) is 0 Å². The van der Waals surface area contributed by atoms with Gasteiger partial charge < -0.3 is 5.32 Å². The van der Waals surface area contributed by atoms with Crippen LogP contribution < -0.4 is 5.32 Å². The van der Waals surface area contributed by atoms with Crippen LogP contribution in [0.25, 0.3) is 0 Å². The van der Waals surface area contributed by atoms with Gasteiger partial charge >= 0.3 is 0 Å². The molecule has 2 aromatic carbocycles. The molecule has 1 atom stereocenters. The average Bonchev–Trinajstić information content (AvgIpc) is 2.42. The largest absolute Gasteiger partial charge is 0.379 e. The number of nitrogens with one attached hydrogen (secondary N) is 1. The molecule has 1 unspecified atom stereocenters. The van der Waals surface area contributed by atoms with Gasteiger partial charge in [0.05, 0.1) is 12.5 Å². The molecule has 0 radical (unpaired) electrons. The molecule has 2 nitrogen and oxygen atoms in total. The van der Waals surface area contributed by atoms with Gasteiger partial charge in [-0.3, -0.25) is 0 Å². The molecule has 0 heterocycles. The van der Waals surface area contributed by atoms with Gasteiger partial charge in [-0.15, -0.1) is 0 Å². The maximum Gasteiger partial charge on any atom is 0.0669 e. The minimum Gasteiger partial charge on any atom is -0.379 e. The molecule has 0 saturated carbocycles. The number of benzene rings is 2. The molecule has 0 aromatic heterocycles. The van der Waals surface area contributed by atoms with Crippen LogP contribution in [0.1, 0.15) is 29.7 Å². The van der Waals surface area contributed by atoms with Crippen molar-refractivity contribution < 1.29 is 0 Å². The fourth-order valence-corrected chi connectivity index (χ4v) is 2.21. The zero-order chi connectivity index (χ0) is 13.7. The molecule has 0 saturated heterocycles. The molecule has 0 bridgehead atoms.